The van der Waals surface area contributed by atoms with Crippen molar-refractivity contribution >= 4 is 39.1 Å². The molecule has 0 unspecified atom stereocenters. The highest BCUT2D eigenvalue weighted by Crippen LogP contribution is 2.23. The molecule has 0 heterocycles. The fourth-order valence-corrected chi connectivity index (χ4v) is 2.69. The fourth-order valence-electron chi connectivity index (χ4n) is 1.97. The van der Waals surface area contributed by atoms with Gasteiger partial charge in [-0.15, -0.1) is 0 Å². The van der Waals surface area contributed by atoms with Crippen molar-refractivity contribution < 1.29 is 4.79 Å². The van der Waals surface area contributed by atoms with Crippen molar-refractivity contribution in [3.63, 3.8) is 0 Å². The third-order valence-electron chi connectivity index (χ3n) is 3.17. The van der Waals surface area contributed by atoms with E-state index in [1.807, 2.05) is 49.4 Å². The molecule has 0 saturated heterocycles. The molecule has 0 radical (unpaired) electrons. The van der Waals surface area contributed by atoms with Crippen LogP contribution in [0.5, 0.6) is 0 Å². The number of halogens is 2. The molecule has 0 fully saturated rings. The zero-order valence-corrected chi connectivity index (χ0v) is 14.7. The minimum atomic E-state index is -0.00633. The van der Waals surface area contributed by atoms with Crippen LogP contribution < -0.4 is 10.6 Å². The number of nitrogens with one attached hydrogen (secondary N) is 2. The Hall–Kier alpha value is -1.36. The Bertz CT molecular complexity index is 644. The molecule has 5 heteroatoms. The summed E-state index contributed by atoms with van der Waals surface area (Å²) in [6, 6.07) is 13.5. The monoisotopic (exact) mass is 380 g/mol. The maximum Gasteiger partial charge on any atom is 0.225 e. The Morgan fingerprint density at radius 2 is 1.91 bits per heavy atom. The Balaban J connectivity index is 1.72. The predicted octanol–water partition coefficient (Wildman–Crippen LogP) is 4.53. The lowest BCUT2D eigenvalue weighted by Gasteiger charge is -2.09. The van der Waals surface area contributed by atoms with Crippen LogP contribution in [0.4, 0.5) is 5.69 Å². The summed E-state index contributed by atoms with van der Waals surface area (Å²) in [7, 11) is 0. The second-order valence-corrected chi connectivity index (χ2v) is 6.38. The van der Waals surface area contributed by atoms with E-state index >= 15 is 0 Å². The molecule has 0 atom stereocenters. The van der Waals surface area contributed by atoms with E-state index in [9.17, 15) is 4.79 Å². The van der Waals surface area contributed by atoms with Crippen LogP contribution in [0.15, 0.2) is 46.9 Å². The number of hydrogen-bond acceptors (Lipinski definition) is 2. The molecular weight excluding hydrogens is 364 g/mol. The third-order valence-corrected chi connectivity index (χ3v) is 4.08. The molecule has 2 N–H and O–H groups in total. The molecule has 2 rings (SSSR count). The second-order valence-electron chi connectivity index (χ2n) is 5.08. The van der Waals surface area contributed by atoms with Gasteiger partial charge in [0.15, 0.2) is 0 Å². The van der Waals surface area contributed by atoms with Crippen molar-refractivity contribution in [3.05, 3.63) is 63.1 Å². The first-order valence-electron chi connectivity index (χ1n) is 7.06. The number of rotatable bonds is 6. The number of hydrogen-bond donors (Lipinski definition) is 2. The van der Waals surface area contributed by atoms with E-state index in [-0.39, 0.29) is 5.91 Å². The smallest absolute Gasteiger partial charge is 0.225 e. The van der Waals surface area contributed by atoms with Gasteiger partial charge in [-0.05, 0) is 58.2 Å². The van der Waals surface area contributed by atoms with E-state index in [1.54, 1.807) is 0 Å². The highest BCUT2D eigenvalue weighted by atomic mass is 79.9. The van der Waals surface area contributed by atoms with Crippen molar-refractivity contribution in [2.24, 2.45) is 0 Å². The van der Waals surface area contributed by atoms with Gasteiger partial charge >= 0.3 is 0 Å². The van der Waals surface area contributed by atoms with Crippen molar-refractivity contribution in [2.75, 3.05) is 11.9 Å². The molecule has 1 amide bonds. The van der Waals surface area contributed by atoms with Crippen molar-refractivity contribution in [3.8, 4) is 0 Å². The van der Waals surface area contributed by atoms with Gasteiger partial charge in [0.1, 0.15) is 0 Å². The van der Waals surface area contributed by atoms with Crippen LogP contribution in [-0.2, 0) is 11.3 Å². The van der Waals surface area contributed by atoms with Crippen molar-refractivity contribution in [2.45, 2.75) is 19.9 Å². The molecule has 0 saturated carbocycles. The standard InChI is InChI=1S/C17H18BrClN2O/c1-12-2-7-16(15(18)10-12)21-17(22)8-9-20-11-13-3-5-14(19)6-4-13/h2-7,10,20H,8-9,11H2,1H3,(H,21,22). The molecule has 0 aliphatic heterocycles. The molecule has 0 spiro atoms. The van der Waals surface area contributed by atoms with Crippen LogP contribution in [0.3, 0.4) is 0 Å². The first-order valence-corrected chi connectivity index (χ1v) is 8.23. The molecule has 2 aromatic carbocycles. The summed E-state index contributed by atoms with van der Waals surface area (Å²) >= 11 is 9.29. The van der Waals surface area contributed by atoms with Crippen LogP contribution in [0.2, 0.25) is 5.02 Å². The Labute approximate surface area is 144 Å². The zero-order chi connectivity index (χ0) is 15.9. The number of carbonyl (C=O) groups is 1. The molecule has 22 heavy (non-hydrogen) atoms. The first kappa shape index (κ1) is 17.0. The van der Waals surface area contributed by atoms with E-state index in [2.05, 4.69) is 26.6 Å². The number of benzene rings is 2. The van der Waals surface area contributed by atoms with Crippen LogP contribution >= 0.6 is 27.5 Å². The van der Waals surface area contributed by atoms with E-state index in [0.29, 0.717) is 13.0 Å². The van der Waals surface area contributed by atoms with Gasteiger partial charge in [0.25, 0.3) is 0 Å². The quantitative estimate of drug-likeness (QED) is 0.722. The molecular formula is C17H18BrClN2O. The average molecular weight is 382 g/mol. The normalized spacial score (nSPS) is 10.5. The third kappa shape index (κ3) is 5.44. The summed E-state index contributed by atoms with van der Waals surface area (Å²) in [4.78, 5) is 11.9. The topological polar surface area (TPSA) is 41.1 Å². The van der Waals surface area contributed by atoms with Crippen molar-refractivity contribution in [1.29, 1.82) is 0 Å². The lowest BCUT2D eigenvalue weighted by Crippen LogP contribution is -2.21. The summed E-state index contributed by atoms with van der Waals surface area (Å²) in [5, 5.41) is 6.87. The highest BCUT2D eigenvalue weighted by molar-refractivity contribution is 9.10. The van der Waals surface area contributed by atoms with Gasteiger partial charge in [0.05, 0.1) is 5.69 Å². The van der Waals surface area contributed by atoms with E-state index in [0.717, 1.165) is 32.9 Å². The van der Waals surface area contributed by atoms with Crippen LogP contribution in [0.25, 0.3) is 0 Å². The van der Waals surface area contributed by atoms with Crippen LogP contribution in [0.1, 0.15) is 17.5 Å². The van der Waals surface area contributed by atoms with Gasteiger partial charge in [-0.3, -0.25) is 4.79 Å². The predicted molar refractivity (Wildman–Crippen MR) is 95.3 cm³/mol. The fraction of sp³-hybridized carbons (Fsp3) is 0.235. The molecule has 116 valence electrons. The molecule has 2 aromatic rings. The van der Waals surface area contributed by atoms with Gasteiger partial charge < -0.3 is 10.6 Å². The molecule has 0 bridgehead atoms. The molecule has 0 aliphatic rings. The molecule has 0 aromatic heterocycles. The maximum atomic E-state index is 11.9. The maximum absolute atomic E-state index is 11.9. The first-order chi connectivity index (χ1) is 10.5. The Morgan fingerprint density at radius 3 is 2.59 bits per heavy atom. The van der Waals surface area contributed by atoms with Gasteiger partial charge in [-0.25, -0.2) is 0 Å². The largest absolute Gasteiger partial charge is 0.325 e. The zero-order valence-electron chi connectivity index (χ0n) is 12.3. The number of aryl methyl sites for hydroxylation is 1. The number of anilines is 1. The van der Waals surface area contributed by atoms with E-state index in [1.165, 1.54) is 0 Å². The van der Waals surface area contributed by atoms with Crippen molar-refractivity contribution in [1.82, 2.24) is 5.32 Å². The molecule has 0 aliphatic carbocycles. The lowest BCUT2D eigenvalue weighted by molar-refractivity contribution is -0.116. The van der Waals surface area contributed by atoms with Gasteiger partial charge in [-0.2, -0.15) is 0 Å². The van der Waals surface area contributed by atoms with E-state index in [4.69, 9.17) is 11.6 Å². The second kappa shape index (κ2) is 8.32. The Kier molecular flexibility index (Phi) is 6.43. The minimum absolute atomic E-state index is 0.00633. The number of amides is 1. The SMILES string of the molecule is Cc1ccc(NC(=O)CCNCc2ccc(Cl)cc2)c(Br)c1. The average Bonchev–Trinajstić information content (AvgIpc) is 2.48. The summed E-state index contributed by atoms with van der Waals surface area (Å²) in [6.07, 6.45) is 0.425. The lowest BCUT2D eigenvalue weighted by atomic mass is 10.2. The summed E-state index contributed by atoms with van der Waals surface area (Å²) < 4.78 is 0.898. The minimum Gasteiger partial charge on any atom is -0.325 e. The Morgan fingerprint density at radius 1 is 1.18 bits per heavy atom. The number of carbonyl (C=O) groups excluding carboxylic acids is 1. The van der Waals surface area contributed by atoms with Gasteiger partial charge in [-0.1, -0.05) is 29.8 Å². The summed E-state index contributed by atoms with van der Waals surface area (Å²) in [5.74, 6) is -0.00633. The highest BCUT2D eigenvalue weighted by Gasteiger charge is 2.05. The molecule has 3 nitrogen and oxygen atoms in total. The van der Waals surface area contributed by atoms with Crippen LogP contribution in [0, 0.1) is 6.92 Å². The van der Waals surface area contributed by atoms with E-state index < -0.39 is 0 Å². The van der Waals surface area contributed by atoms with Gasteiger partial charge in [0.2, 0.25) is 5.91 Å². The summed E-state index contributed by atoms with van der Waals surface area (Å²) in [6.45, 7) is 3.35. The summed E-state index contributed by atoms with van der Waals surface area (Å²) in [5.41, 5.74) is 3.09. The van der Waals surface area contributed by atoms with Gasteiger partial charge in [0, 0.05) is 29.0 Å². The van der Waals surface area contributed by atoms with Crippen LogP contribution in [-0.4, -0.2) is 12.5 Å².